The van der Waals surface area contributed by atoms with Crippen LogP contribution in [0.25, 0.3) is 104 Å². The van der Waals surface area contributed by atoms with E-state index < -0.39 is 23.5 Å². The lowest BCUT2D eigenvalue weighted by Gasteiger charge is -2.17. The van der Waals surface area contributed by atoms with Gasteiger partial charge in [-0.05, 0) is 76.9 Å². The van der Waals surface area contributed by atoms with Crippen LogP contribution in [0.5, 0.6) is 0 Å². The number of fused-ring (bicyclic) bond motifs is 6. The number of hydrogen-bond donors (Lipinski definition) is 0. The van der Waals surface area contributed by atoms with Crippen LogP contribution in [0, 0.1) is 0 Å². The highest BCUT2D eigenvalue weighted by molar-refractivity contribution is 7.25. The number of nitrogens with zero attached hydrogens (tertiary/aromatic N) is 4. The molecule has 0 saturated heterocycles. The summed E-state index contributed by atoms with van der Waals surface area (Å²) >= 11 is 1.73. The Bertz CT molecular complexity index is 3540. The molecule has 0 radical (unpaired) electrons. The maximum absolute atomic E-state index is 14.5. The molecule has 0 atom stereocenters. The number of alkyl halides is 6. The second-order valence-corrected chi connectivity index (χ2v) is 16.5. The topological polar surface area (TPSA) is 43.6 Å². The summed E-state index contributed by atoms with van der Waals surface area (Å²) in [7, 11) is 0. The molecule has 3 aromatic heterocycles. The summed E-state index contributed by atoms with van der Waals surface area (Å²) in [6, 6.07) is 54.3. The second-order valence-electron chi connectivity index (χ2n) is 15.4. The van der Waals surface area contributed by atoms with Gasteiger partial charge in [-0.25, -0.2) is 15.0 Å². The normalized spacial score (nSPS) is 12.2. The van der Waals surface area contributed by atoms with Crippen molar-refractivity contribution in [3.8, 4) is 62.1 Å². The molecule has 11 rings (SSSR count). The zero-order valence-electron chi connectivity index (χ0n) is 33.3. The maximum Gasteiger partial charge on any atom is 0.417 e. The highest BCUT2D eigenvalue weighted by atomic mass is 32.1. The molecule has 0 saturated carbocycles. The Kier molecular flexibility index (Phi) is 9.21. The van der Waals surface area contributed by atoms with Gasteiger partial charge >= 0.3 is 12.4 Å². The largest absolute Gasteiger partial charge is 0.417 e. The first-order chi connectivity index (χ1) is 31.0. The monoisotopic (exact) mass is 868 g/mol. The van der Waals surface area contributed by atoms with Crippen molar-refractivity contribution >= 4 is 53.3 Å². The molecule has 310 valence electrons. The van der Waals surface area contributed by atoms with Gasteiger partial charge in [0.1, 0.15) is 0 Å². The van der Waals surface area contributed by atoms with Gasteiger partial charge in [-0.2, -0.15) is 26.3 Å². The molecule has 4 nitrogen and oxygen atoms in total. The number of hydrogen-bond acceptors (Lipinski definition) is 4. The summed E-state index contributed by atoms with van der Waals surface area (Å²) < 4.78 is 88.7. The highest BCUT2D eigenvalue weighted by Gasteiger charge is 2.38. The Labute approximate surface area is 365 Å². The van der Waals surface area contributed by atoms with E-state index in [1.165, 1.54) is 21.5 Å². The maximum atomic E-state index is 14.5. The average molecular weight is 869 g/mol. The third-order valence-electron chi connectivity index (χ3n) is 11.5. The van der Waals surface area contributed by atoms with Gasteiger partial charge in [0.15, 0.2) is 17.5 Å². The van der Waals surface area contributed by atoms with Gasteiger partial charge in [0, 0.05) is 47.6 Å². The van der Waals surface area contributed by atoms with E-state index in [2.05, 4.69) is 36.4 Å². The summed E-state index contributed by atoms with van der Waals surface area (Å²) in [6.45, 7) is 0. The molecule has 0 aliphatic carbocycles. The summed E-state index contributed by atoms with van der Waals surface area (Å²) in [6.07, 6.45) is -9.99. The summed E-state index contributed by atoms with van der Waals surface area (Å²) in [5.41, 5.74) is 3.28. The standard InChI is InChI=1S/C53H30F6N4S/c54-52(55,56)36-22-24-37(43(30-36)53(57,58)59)35-21-26-45-41(28-35)38-15-7-9-17-44(38)63(45)46-25-20-33(34-19-23-40-39-16-8-10-18-47(39)64-48(40)29-34)27-42(46)51-61-49(31-11-3-1-4-12-31)60-50(62-51)32-13-5-2-6-14-32/h1-30H. The van der Waals surface area contributed by atoms with E-state index in [-0.39, 0.29) is 17.2 Å². The van der Waals surface area contributed by atoms with E-state index in [0.717, 1.165) is 43.9 Å². The second kappa shape index (κ2) is 15.0. The molecular weight excluding hydrogens is 839 g/mol. The molecule has 11 aromatic rings. The van der Waals surface area contributed by atoms with Crippen LogP contribution in [0.4, 0.5) is 26.3 Å². The molecule has 3 heterocycles. The van der Waals surface area contributed by atoms with Crippen molar-refractivity contribution in [3.63, 3.8) is 0 Å². The number of thiophene rings is 1. The lowest BCUT2D eigenvalue weighted by atomic mass is 9.95. The zero-order chi connectivity index (χ0) is 43.7. The van der Waals surface area contributed by atoms with Crippen molar-refractivity contribution in [2.75, 3.05) is 0 Å². The van der Waals surface area contributed by atoms with Crippen LogP contribution in [0.1, 0.15) is 11.1 Å². The van der Waals surface area contributed by atoms with Crippen molar-refractivity contribution in [2.24, 2.45) is 0 Å². The van der Waals surface area contributed by atoms with Crippen LogP contribution in [-0.2, 0) is 12.4 Å². The minimum Gasteiger partial charge on any atom is -0.309 e. The molecule has 11 heteroatoms. The molecule has 0 N–H and O–H groups in total. The molecule has 0 bridgehead atoms. The minimum absolute atomic E-state index is 0.126. The molecule has 0 aliphatic rings. The Morgan fingerprint density at radius 1 is 0.375 bits per heavy atom. The predicted octanol–water partition coefficient (Wildman–Crippen LogP) is 15.7. The first-order valence-electron chi connectivity index (χ1n) is 20.2. The number of aromatic nitrogens is 4. The van der Waals surface area contributed by atoms with Crippen LogP contribution in [-0.4, -0.2) is 19.5 Å². The molecule has 0 amide bonds. The molecule has 0 spiro atoms. The van der Waals surface area contributed by atoms with Crippen molar-refractivity contribution in [3.05, 3.63) is 193 Å². The molecule has 8 aromatic carbocycles. The minimum atomic E-state index is -5.04. The lowest BCUT2D eigenvalue weighted by Crippen LogP contribution is -2.12. The van der Waals surface area contributed by atoms with Crippen molar-refractivity contribution in [2.45, 2.75) is 12.4 Å². The first kappa shape index (κ1) is 39.2. The van der Waals surface area contributed by atoms with E-state index in [0.29, 0.717) is 45.7 Å². The quantitative estimate of drug-likeness (QED) is 0.156. The fraction of sp³-hybridized carbons (Fsp3) is 0.0377. The smallest absolute Gasteiger partial charge is 0.309 e. The first-order valence-corrected chi connectivity index (χ1v) is 21.0. The van der Waals surface area contributed by atoms with Gasteiger partial charge < -0.3 is 4.57 Å². The van der Waals surface area contributed by atoms with Gasteiger partial charge in [0.25, 0.3) is 0 Å². The van der Waals surface area contributed by atoms with Crippen LogP contribution in [0.3, 0.4) is 0 Å². The zero-order valence-corrected chi connectivity index (χ0v) is 34.1. The Morgan fingerprint density at radius 2 is 0.953 bits per heavy atom. The third-order valence-corrected chi connectivity index (χ3v) is 12.7. The predicted molar refractivity (Wildman–Crippen MR) is 244 cm³/mol. The summed E-state index contributed by atoms with van der Waals surface area (Å²) in [5.74, 6) is 1.34. The van der Waals surface area contributed by atoms with E-state index in [4.69, 9.17) is 15.0 Å². The molecule has 0 fully saturated rings. The summed E-state index contributed by atoms with van der Waals surface area (Å²) in [4.78, 5) is 15.2. The van der Waals surface area contributed by atoms with Crippen molar-refractivity contribution < 1.29 is 26.3 Å². The Morgan fingerprint density at radius 3 is 1.66 bits per heavy atom. The van der Waals surface area contributed by atoms with E-state index in [1.807, 2.05) is 114 Å². The molecule has 64 heavy (non-hydrogen) atoms. The number of halogens is 6. The highest BCUT2D eigenvalue weighted by Crippen LogP contribution is 2.44. The van der Waals surface area contributed by atoms with E-state index in [9.17, 15) is 26.3 Å². The van der Waals surface area contributed by atoms with Crippen LogP contribution < -0.4 is 0 Å². The fourth-order valence-electron chi connectivity index (χ4n) is 8.53. The SMILES string of the molecule is FC(F)(F)c1ccc(-c2ccc3c(c2)c2ccccc2n3-c2ccc(-c3ccc4c(c3)sc3ccccc34)cc2-c2nc(-c3ccccc3)nc(-c3ccccc3)n2)c(C(F)(F)F)c1. The van der Waals surface area contributed by atoms with Gasteiger partial charge in [-0.3, -0.25) is 0 Å². The van der Waals surface area contributed by atoms with Crippen molar-refractivity contribution in [1.82, 2.24) is 19.5 Å². The Hall–Kier alpha value is -7.63. The van der Waals surface area contributed by atoms with Gasteiger partial charge in [0.05, 0.1) is 27.8 Å². The molecule has 0 unspecified atom stereocenters. The van der Waals surface area contributed by atoms with E-state index in [1.54, 1.807) is 23.5 Å². The average Bonchev–Trinajstić information content (AvgIpc) is 3.86. The van der Waals surface area contributed by atoms with Crippen LogP contribution in [0.15, 0.2) is 182 Å². The van der Waals surface area contributed by atoms with Gasteiger partial charge in [-0.1, -0.05) is 127 Å². The van der Waals surface area contributed by atoms with Crippen LogP contribution in [0.2, 0.25) is 0 Å². The Balaban J connectivity index is 1.16. The lowest BCUT2D eigenvalue weighted by molar-refractivity contribution is -0.142. The van der Waals surface area contributed by atoms with Gasteiger partial charge in [-0.15, -0.1) is 11.3 Å². The fourth-order valence-corrected chi connectivity index (χ4v) is 9.68. The number of rotatable bonds is 6. The van der Waals surface area contributed by atoms with E-state index >= 15 is 0 Å². The summed E-state index contributed by atoms with van der Waals surface area (Å²) in [5, 5.41) is 3.70. The number of para-hydroxylation sites is 1. The van der Waals surface area contributed by atoms with Crippen LogP contribution >= 0.6 is 11.3 Å². The molecular formula is C53H30F6N4S. The third kappa shape index (κ3) is 6.85. The van der Waals surface area contributed by atoms with Crippen molar-refractivity contribution in [1.29, 1.82) is 0 Å². The number of benzene rings is 8. The van der Waals surface area contributed by atoms with Gasteiger partial charge in [0.2, 0.25) is 0 Å². The molecule has 0 aliphatic heterocycles.